The second kappa shape index (κ2) is 12.5. The molecule has 0 amide bonds. The Morgan fingerprint density at radius 3 is 2.20 bits per heavy atom. The SMILES string of the molecule is CC(Cc1ccc2c(c1)cc(C(=O)O)n2Cc1ccc(NS(=O)(=O)C(F)(F)F)cc1)NCC(O)c1cccc(C(F)(F)F)c1. The highest BCUT2D eigenvalue weighted by Gasteiger charge is 2.46. The number of hydrogen-bond donors (Lipinski definition) is 4. The first kappa shape index (κ1) is 32.8. The Bertz CT molecular complexity index is 1750. The van der Waals surface area contributed by atoms with Gasteiger partial charge < -0.3 is 20.1 Å². The van der Waals surface area contributed by atoms with Crippen molar-refractivity contribution in [1.82, 2.24) is 9.88 Å². The lowest BCUT2D eigenvalue weighted by atomic mass is 10.0. The van der Waals surface area contributed by atoms with Crippen molar-refractivity contribution in [1.29, 1.82) is 0 Å². The molecule has 0 saturated heterocycles. The number of aliphatic hydroxyl groups excluding tert-OH is 1. The molecule has 0 bridgehead atoms. The van der Waals surface area contributed by atoms with E-state index in [9.17, 15) is 49.8 Å². The summed E-state index contributed by atoms with van der Waals surface area (Å²) in [6.07, 6.45) is -5.25. The van der Waals surface area contributed by atoms with Gasteiger partial charge in [0.2, 0.25) is 0 Å². The van der Waals surface area contributed by atoms with Crippen molar-refractivity contribution in [2.24, 2.45) is 0 Å². The molecule has 2 atom stereocenters. The number of fused-ring (bicyclic) bond motifs is 1. The van der Waals surface area contributed by atoms with E-state index in [1.165, 1.54) is 39.6 Å². The molecule has 0 spiro atoms. The van der Waals surface area contributed by atoms with Gasteiger partial charge in [-0.1, -0.05) is 30.3 Å². The van der Waals surface area contributed by atoms with Crippen LogP contribution in [0, 0.1) is 0 Å². The maximum absolute atomic E-state index is 13.0. The van der Waals surface area contributed by atoms with Crippen molar-refractivity contribution in [3.8, 4) is 0 Å². The lowest BCUT2D eigenvalue weighted by molar-refractivity contribution is -0.137. The molecule has 2 unspecified atom stereocenters. The monoisotopic (exact) mass is 643 g/mol. The molecule has 1 aromatic heterocycles. The number of aromatic nitrogens is 1. The van der Waals surface area contributed by atoms with E-state index in [0.717, 1.165) is 29.8 Å². The molecule has 0 aliphatic rings. The summed E-state index contributed by atoms with van der Waals surface area (Å²) < 4.78 is 103. The summed E-state index contributed by atoms with van der Waals surface area (Å²) in [7, 11) is -5.59. The summed E-state index contributed by atoms with van der Waals surface area (Å²) in [5.41, 5.74) is -4.68. The summed E-state index contributed by atoms with van der Waals surface area (Å²) in [6.45, 7) is 1.86. The molecule has 0 aliphatic carbocycles. The summed E-state index contributed by atoms with van der Waals surface area (Å²) >= 11 is 0. The van der Waals surface area contributed by atoms with Crippen molar-refractivity contribution in [2.45, 2.75) is 43.7 Å². The molecule has 0 radical (unpaired) electrons. The highest BCUT2D eigenvalue weighted by atomic mass is 32.2. The van der Waals surface area contributed by atoms with Crippen molar-refractivity contribution in [3.05, 3.63) is 101 Å². The predicted octanol–water partition coefficient (Wildman–Crippen LogP) is 5.92. The lowest BCUT2D eigenvalue weighted by Crippen LogP contribution is -2.32. The summed E-state index contributed by atoms with van der Waals surface area (Å²) in [5.74, 6) is -1.21. The second-order valence-electron chi connectivity index (χ2n) is 10.2. The minimum atomic E-state index is -5.59. The van der Waals surface area contributed by atoms with Crippen LogP contribution in [0.4, 0.5) is 32.0 Å². The number of carboxylic acids is 1. The Morgan fingerprint density at radius 1 is 0.932 bits per heavy atom. The summed E-state index contributed by atoms with van der Waals surface area (Å²) in [6, 6.07) is 16.1. The van der Waals surface area contributed by atoms with Gasteiger partial charge in [-0.3, -0.25) is 4.72 Å². The first-order valence-corrected chi connectivity index (χ1v) is 14.5. The second-order valence-corrected chi connectivity index (χ2v) is 11.9. The number of aromatic carboxylic acids is 1. The van der Waals surface area contributed by atoms with Crippen LogP contribution in [0.5, 0.6) is 0 Å². The van der Waals surface area contributed by atoms with E-state index in [0.29, 0.717) is 22.9 Å². The summed E-state index contributed by atoms with van der Waals surface area (Å²) in [4.78, 5) is 12.0. The van der Waals surface area contributed by atoms with E-state index in [1.54, 1.807) is 18.2 Å². The van der Waals surface area contributed by atoms with E-state index < -0.39 is 39.3 Å². The number of halogens is 6. The van der Waals surface area contributed by atoms with Gasteiger partial charge in [-0.15, -0.1) is 0 Å². The van der Waals surface area contributed by atoms with E-state index in [-0.39, 0.29) is 36.1 Å². The number of nitrogens with zero attached hydrogens (tertiary/aromatic N) is 1. The first-order valence-electron chi connectivity index (χ1n) is 13.1. The number of carboxylic acid groups (broad SMARTS) is 1. The third kappa shape index (κ3) is 7.70. The number of aliphatic hydroxyl groups is 1. The van der Waals surface area contributed by atoms with Crippen LogP contribution in [0.3, 0.4) is 0 Å². The maximum atomic E-state index is 13.0. The molecule has 236 valence electrons. The molecule has 4 aromatic rings. The van der Waals surface area contributed by atoms with Crippen LogP contribution in [0.15, 0.2) is 72.8 Å². The van der Waals surface area contributed by atoms with Crippen molar-refractivity contribution >= 4 is 32.6 Å². The fraction of sp³-hybridized carbons (Fsp3) is 0.276. The molecule has 0 fully saturated rings. The van der Waals surface area contributed by atoms with E-state index >= 15 is 0 Å². The predicted molar refractivity (Wildman–Crippen MR) is 151 cm³/mol. The van der Waals surface area contributed by atoms with Crippen LogP contribution in [0.2, 0.25) is 0 Å². The van der Waals surface area contributed by atoms with Gasteiger partial charge >= 0.3 is 27.7 Å². The number of benzene rings is 3. The van der Waals surface area contributed by atoms with Crippen LogP contribution in [0.1, 0.15) is 45.8 Å². The standard InChI is InChI=1S/C29H27F6N3O5S/c1-17(36-15-26(39)20-3-2-4-22(13-20)28(30,31)32)11-19-7-10-24-21(12-19)14-25(27(40)41)38(24)16-18-5-8-23(9-6-18)37-44(42,43)29(33,34)35/h2-10,12-14,17,26,36-37,39H,11,15-16H2,1H3,(H,40,41). The third-order valence-electron chi connectivity index (χ3n) is 6.84. The highest BCUT2D eigenvalue weighted by Crippen LogP contribution is 2.31. The van der Waals surface area contributed by atoms with Crippen LogP contribution < -0.4 is 10.0 Å². The molecule has 4 N–H and O–H groups in total. The topological polar surface area (TPSA) is 121 Å². The molecule has 0 aliphatic heterocycles. The highest BCUT2D eigenvalue weighted by molar-refractivity contribution is 7.93. The third-order valence-corrected chi connectivity index (χ3v) is 7.95. The van der Waals surface area contributed by atoms with Crippen LogP contribution in [-0.4, -0.2) is 47.3 Å². The molecule has 3 aromatic carbocycles. The normalized spacial score (nSPS) is 14.0. The number of alkyl halides is 6. The van der Waals surface area contributed by atoms with Crippen LogP contribution in [0.25, 0.3) is 10.9 Å². The minimum Gasteiger partial charge on any atom is -0.477 e. The number of anilines is 1. The lowest BCUT2D eigenvalue weighted by Gasteiger charge is -2.18. The van der Waals surface area contributed by atoms with E-state index in [1.807, 2.05) is 6.92 Å². The fourth-order valence-corrected chi connectivity index (χ4v) is 5.21. The van der Waals surface area contributed by atoms with Crippen molar-refractivity contribution in [3.63, 3.8) is 0 Å². The van der Waals surface area contributed by atoms with Gasteiger partial charge in [0.05, 0.1) is 11.7 Å². The van der Waals surface area contributed by atoms with E-state index in [2.05, 4.69) is 5.32 Å². The van der Waals surface area contributed by atoms with Gasteiger partial charge in [-0.05, 0) is 72.5 Å². The molecular weight excluding hydrogens is 616 g/mol. The average Bonchev–Trinajstić information content (AvgIpc) is 3.29. The van der Waals surface area contributed by atoms with Crippen LogP contribution >= 0.6 is 0 Å². The number of nitrogens with one attached hydrogen (secondary N) is 2. The zero-order chi connectivity index (χ0) is 32.4. The minimum absolute atomic E-state index is 0.000701. The first-order chi connectivity index (χ1) is 20.4. The Kier molecular flexibility index (Phi) is 9.32. The molecule has 8 nitrogen and oxygen atoms in total. The molecule has 4 rings (SSSR count). The van der Waals surface area contributed by atoms with Gasteiger partial charge in [0, 0.05) is 35.7 Å². The maximum Gasteiger partial charge on any atom is 0.516 e. The van der Waals surface area contributed by atoms with Gasteiger partial charge in [-0.25, -0.2) is 4.79 Å². The van der Waals surface area contributed by atoms with E-state index in [4.69, 9.17) is 0 Å². The molecule has 15 heteroatoms. The van der Waals surface area contributed by atoms with Gasteiger partial charge in [0.1, 0.15) is 5.69 Å². The number of carbonyl (C=O) groups is 1. The number of hydrogen-bond acceptors (Lipinski definition) is 5. The zero-order valence-corrected chi connectivity index (χ0v) is 23.8. The number of sulfonamides is 1. The van der Waals surface area contributed by atoms with Gasteiger partial charge in [0.25, 0.3) is 0 Å². The fourth-order valence-electron chi connectivity index (χ4n) is 4.65. The zero-order valence-electron chi connectivity index (χ0n) is 22.9. The van der Waals surface area contributed by atoms with Crippen molar-refractivity contribution < 1.29 is 49.8 Å². The molecule has 44 heavy (non-hydrogen) atoms. The summed E-state index contributed by atoms with van der Waals surface area (Å²) in [5, 5.41) is 23.9. The quantitative estimate of drug-likeness (QED) is 0.151. The Labute approximate surface area is 248 Å². The average molecular weight is 644 g/mol. The molecule has 1 heterocycles. The Morgan fingerprint density at radius 2 is 1.59 bits per heavy atom. The Hall–Kier alpha value is -4.08. The largest absolute Gasteiger partial charge is 0.516 e. The molecule has 0 saturated carbocycles. The molecular formula is C29H27F6N3O5S. The Balaban J connectivity index is 1.45. The van der Waals surface area contributed by atoms with Crippen LogP contribution in [-0.2, 0) is 29.2 Å². The van der Waals surface area contributed by atoms with Gasteiger partial charge in [-0.2, -0.15) is 34.8 Å². The van der Waals surface area contributed by atoms with Gasteiger partial charge in [0.15, 0.2) is 0 Å². The smallest absolute Gasteiger partial charge is 0.477 e. The van der Waals surface area contributed by atoms with Crippen molar-refractivity contribution in [2.75, 3.05) is 11.3 Å². The number of rotatable bonds is 11.